The van der Waals surface area contributed by atoms with Gasteiger partial charge in [0.05, 0.1) is 6.61 Å². The molecule has 0 aromatic heterocycles. The number of hydrogen-bond acceptors (Lipinski definition) is 5. The van der Waals surface area contributed by atoms with E-state index >= 15 is 0 Å². The standard InChI is InChI=1S/C16H15N3O4/c1-23-8-10-2-3-11-7-19(14(21)12(11)6-10)16(9-17)5-4-13(20)18-15(16)22/h2-3,6H,4-5,7-8H2,1H3,(H,18,20,22). The van der Waals surface area contributed by atoms with Crippen molar-refractivity contribution in [3.8, 4) is 6.07 Å². The van der Waals surface area contributed by atoms with Crippen LogP contribution in [0.1, 0.15) is 34.3 Å². The maximum atomic E-state index is 12.7. The zero-order chi connectivity index (χ0) is 16.6. The lowest BCUT2D eigenvalue weighted by Crippen LogP contribution is -2.62. The first-order valence-corrected chi connectivity index (χ1v) is 7.20. The predicted molar refractivity (Wildman–Crippen MR) is 77.8 cm³/mol. The molecule has 3 rings (SSSR count). The molecular formula is C16H15N3O4. The minimum atomic E-state index is -1.63. The summed E-state index contributed by atoms with van der Waals surface area (Å²) in [5.74, 6) is -1.52. The molecular weight excluding hydrogens is 298 g/mol. The van der Waals surface area contributed by atoms with Gasteiger partial charge in [-0.25, -0.2) is 0 Å². The van der Waals surface area contributed by atoms with Gasteiger partial charge in [0, 0.05) is 32.1 Å². The van der Waals surface area contributed by atoms with E-state index in [9.17, 15) is 19.6 Å². The molecule has 0 saturated carbocycles. The Morgan fingerprint density at radius 3 is 2.83 bits per heavy atom. The van der Waals surface area contributed by atoms with Gasteiger partial charge in [-0.3, -0.25) is 19.7 Å². The van der Waals surface area contributed by atoms with Crippen molar-refractivity contribution in [3.05, 3.63) is 34.9 Å². The molecule has 2 heterocycles. The lowest BCUT2D eigenvalue weighted by Gasteiger charge is -2.36. The fourth-order valence-corrected chi connectivity index (χ4v) is 3.04. The quantitative estimate of drug-likeness (QED) is 0.819. The van der Waals surface area contributed by atoms with Gasteiger partial charge < -0.3 is 9.64 Å². The number of imide groups is 1. The van der Waals surface area contributed by atoms with Gasteiger partial charge in [-0.2, -0.15) is 5.26 Å². The summed E-state index contributed by atoms with van der Waals surface area (Å²) in [7, 11) is 1.56. The Balaban J connectivity index is 1.96. The zero-order valence-electron chi connectivity index (χ0n) is 12.6. The summed E-state index contributed by atoms with van der Waals surface area (Å²) in [6.45, 7) is 0.551. The molecule has 1 atom stereocenters. The first kappa shape index (κ1) is 15.2. The summed E-state index contributed by atoms with van der Waals surface area (Å²) < 4.78 is 5.06. The van der Waals surface area contributed by atoms with E-state index in [2.05, 4.69) is 5.32 Å². The molecule has 0 radical (unpaired) electrons. The van der Waals surface area contributed by atoms with Gasteiger partial charge in [-0.15, -0.1) is 0 Å². The Hall–Kier alpha value is -2.72. The zero-order valence-corrected chi connectivity index (χ0v) is 12.6. The number of hydrogen-bond donors (Lipinski definition) is 1. The molecule has 3 amide bonds. The summed E-state index contributed by atoms with van der Waals surface area (Å²) in [5, 5.41) is 11.7. The van der Waals surface area contributed by atoms with E-state index in [4.69, 9.17) is 4.74 Å². The summed E-state index contributed by atoms with van der Waals surface area (Å²) >= 11 is 0. The van der Waals surface area contributed by atoms with E-state index in [1.807, 2.05) is 12.1 Å². The van der Waals surface area contributed by atoms with E-state index in [0.717, 1.165) is 11.1 Å². The molecule has 0 aliphatic carbocycles. The van der Waals surface area contributed by atoms with Gasteiger partial charge in [-0.1, -0.05) is 12.1 Å². The molecule has 1 aromatic carbocycles. The highest BCUT2D eigenvalue weighted by Gasteiger charge is 2.52. The number of benzene rings is 1. The molecule has 7 nitrogen and oxygen atoms in total. The van der Waals surface area contributed by atoms with Gasteiger partial charge in [0.2, 0.25) is 11.4 Å². The maximum absolute atomic E-state index is 12.7. The van der Waals surface area contributed by atoms with E-state index in [1.54, 1.807) is 19.2 Å². The van der Waals surface area contributed by atoms with Gasteiger partial charge in [0.1, 0.15) is 6.07 Å². The Kier molecular flexibility index (Phi) is 3.62. The lowest BCUT2D eigenvalue weighted by molar-refractivity contribution is -0.140. The van der Waals surface area contributed by atoms with Crippen molar-refractivity contribution in [2.24, 2.45) is 0 Å². The molecule has 1 unspecified atom stereocenters. The number of methoxy groups -OCH3 is 1. The molecule has 118 valence electrons. The monoisotopic (exact) mass is 313 g/mol. The van der Waals surface area contributed by atoms with Crippen LogP contribution >= 0.6 is 0 Å². The lowest BCUT2D eigenvalue weighted by atomic mass is 9.88. The summed E-state index contributed by atoms with van der Waals surface area (Å²) in [5.41, 5.74) is 0.439. The minimum absolute atomic E-state index is 0.0127. The van der Waals surface area contributed by atoms with Crippen molar-refractivity contribution in [1.82, 2.24) is 10.2 Å². The van der Waals surface area contributed by atoms with Crippen molar-refractivity contribution in [3.63, 3.8) is 0 Å². The van der Waals surface area contributed by atoms with Crippen LogP contribution in [0.5, 0.6) is 0 Å². The van der Waals surface area contributed by atoms with Crippen molar-refractivity contribution >= 4 is 17.7 Å². The average molecular weight is 313 g/mol. The number of nitrogens with one attached hydrogen (secondary N) is 1. The molecule has 1 N–H and O–H groups in total. The van der Waals surface area contributed by atoms with Gasteiger partial charge in [0.15, 0.2) is 0 Å². The van der Waals surface area contributed by atoms with Crippen LogP contribution in [-0.4, -0.2) is 35.3 Å². The highest BCUT2D eigenvalue weighted by molar-refractivity contribution is 6.09. The normalized spacial score (nSPS) is 23.5. The summed E-state index contributed by atoms with van der Waals surface area (Å²) in [6, 6.07) is 7.33. The predicted octanol–water partition coefficient (Wildman–Crippen LogP) is 0.488. The van der Waals surface area contributed by atoms with Gasteiger partial charge in [0.25, 0.3) is 11.8 Å². The Morgan fingerprint density at radius 1 is 1.39 bits per heavy atom. The smallest absolute Gasteiger partial charge is 0.267 e. The number of fused-ring (bicyclic) bond motifs is 1. The number of carbonyl (C=O) groups excluding carboxylic acids is 3. The van der Waals surface area contributed by atoms with Gasteiger partial charge in [-0.05, 0) is 17.2 Å². The average Bonchev–Trinajstić information content (AvgIpc) is 2.86. The van der Waals surface area contributed by atoms with Crippen molar-refractivity contribution < 1.29 is 19.1 Å². The number of nitriles is 1. The second-order valence-corrected chi connectivity index (χ2v) is 5.67. The minimum Gasteiger partial charge on any atom is -0.380 e. The first-order chi connectivity index (χ1) is 11.0. The fourth-order valence-electron chi connectivity index (χ4n) is 3.04. The SMILES string of the molecule is COCc1ccc2c(c1)C(=O)N(C1(C#N)CCC(=O)NC1=O)C2. The van der Waals surface area contributed by atoms with Crippen LogP contribution in [0.15, 0.2) is 18.2 Å². The molecule has 1 saturated heterocycles. The molecule has 1 aromatic rings. The Bertz CT molecular complexity index is 752. The first-order valence-electron chi connectivity index (χ1n) is 7.20. The van der Waals surface area contributed by atoms with Crippen molar-refractivity contribution in [1.29, 1.82) is 5.26 Å². The number of carbonyl (C=O) groups is 3. The maximum Gasteiger partial charge on any atom is 0.267 e. The van der Waals surface area contributed by atoms with Crippen LogP contribution in [0.4, 0.5) is 0 Å². The molecule has 0 bridgehead atoms. The van der Waals surface area contributed by atoms with Crippen LogP contribution in [-0.2, 0) is 27.5 Å². The van der Waals surface area contributed by atoms with E-state index in [0.29, 0.717) is 12.2 Å². The molecule has 2 aliphatic rings. The Morgan fingerprint density at radius 2 is 2.17 bits per heavy atom. The van der Waals surface area contributed by atoms with Crippen LogP contribution in [0.3, 0.4) is 0 Å². The number of rotatable bonds is 3. The molecule has 0 spiro atoms. The number of piperidine rings is 1. The summed E-state index contributed by atoms with van der Waals surface area (Å²) in [6.07, 6.45) is 0.0488. The second-order valence-electron chi connectivity index (χ2n) is 5.67. The third-order valence-electron chi connectivity index (χ3n) is 4.28. The van der Waals surface area contributed by atoms with Crippen LogP contribution in [0.2, 0.25) is 0 Å². The van der Waals surface area contributed by atoms with Crippen molar-refractivity contribution in [2.75, 3.05) is 7.11 Å². The summed E-state index contributed by atoms with van der Waals surface area (Å²) in [4.78, 5) is 37.6. The third kappa shape index (κ3) is 2.28. The van der Waals surface area contributed by atoms with Crippen LogP contribution in [0.25, 0.3) is 0 Å². The number of ether oxygens (including phenoxy) is 1. The molecule has 23 heavy (non-hydrogen) atoms. The fraction of sp³-hybridized carbons (Fsp3) is 0.375. The molecule has 7 heteroatoms. The highest BCUT2D eigenvalue weighted by atomic mass is 16.5. The number of nitrogens with zero attached hydrogens (tertiary/aromatic N) is 2. The van der Waals surface area contributed by atoms with Gasteiger partial charge >= 0.3 is 0 Å². The highest BCUT2D eigenvalue weighted by Crippen LogP contribution is 2.34. The van der Waals surface area contributed by atoms with Crippen LogP contribution < -0.4 is 5.32 Å². The third-order valence-corrected chi connectivity index (χ3v) is 4.28. The van der Waals surface area contributed by atoms with E-state index < -0.39 is 17.4 Å². The molecule has 1 fully saturated rings. The van der Waals surface area contributed by atoms with E-state index in [-0.39, 0.29) is 25.3 Å². The Labute approximate surface area is 132 Å². The largest absolute Gasteiger partial charge is 0.380 e. The topological polar surface area (TPSA) is 99.5 Å². The number of amides is 3. The van der Waals surface area contributed by atoms with Crippen molar-refractivity contribution in [2.45, 2.75) is 31.5 Å². The van der Waals surface area contributed by atoms with E-state index in [1.165, 1.54) is 4.90 Å². The molecule has 2 aliphatic heterocycles. The van der Waals surface area contributed by atoms with Crippen LogP contribution in [0, 0.1) is 11.3 Å². The second kappa shape index (κ2) is 5.48.